The molecule has 2 aromatic heterocycles. The van der Waals surface area contributed by atoms with Gasteiger partial charge in [-0.2, -0.15) is 10.2 Å². The number of nitrogens with zero attached hydrogens (tertiary/aromatic N) is 3. The van der Waals surface area contributed by atoms with Crippen molar-refractivity contribution in [3.8, 4) is 0 Å². The molecule has 4 heteroatoms. The van der Waals surface area contributed by atoms with Crippen molar-refractivity contribution in [2.75, 3.05) is 0 Å². The number of aryl methyl sites for hydroxylation is 2. The largest absolute Gasteiger partial charge is 0.247 e. The molecule has 0 aliphatic rings. The van der Waals surface area contributed by atoms with Crippen LogP contribution in [0.5, 0.6) is 0 Å². The molecule has 2 heterocycles. The molecule has 0 aliphatic heterocycles. The van der Waals surface area contributed by atoms with Crippen LogP contribution in [0.1, 0.15) is 21.3 Å². The highest BCUT2D eigenvalue weighted by atomic mass is 32.1. The van der Waals surface area contributed by atoms with E-state index < -0.39 is 0 Å². The number of thiazole rings is 1. The highest BCUT2D eigenvalue weighted by Crippen LogP contribution is 2.19. The summed E-state index contributed by atoms with van der Waals surface area (Å²) in [4.78, 5) is 5.66. The lowest BCUT2D eigenvalue weighted by Crippen LogP contribution is -1.92. The Morgan fingerprint density at radius 3 is 2.79 bits per heavy atom. The summed E-state index contributed by atoms with van der Waals surface area (Å²) in [6, 6.07) is 3.90. The van der Waals surface area contributed by atoms with Crippen molar-refractivity contribution in [2.45, 2.75) is 20.3 Å². The van der Waals surface area contributed by atoms with Crippen molar-refractivity contribution in [3.05, 3.63) is 39.6 Å². The molecule has 0 bridgehead atoms. The number of aromatic nitrogens is 3. The molecule has 0 amide bonds. The first-order valence-electron chi connectivity index (χ1n) is 4.45. The summed E-state index contributed by atoms with van der Waals surface area (Å²) in [5.74, 6) is 0. The van der Waals surface area contributed by atoms with Gasteiger partial charge in [-0.1, -0.05) is 0 Å². The van der Waals surface area contributed by atoms with Gasteiger partial charge in [0.2, 0.25) is 0 Å². The first-order valence-corrected chi connectivity index (χ1v) is 5.27. The van der Waals surface area contributed by atoms with E-state index in [1.54, 1.807) is 17.5 Å². The average molecular weight is 205 g/mol. The molecule has 72 valence electrons. The predicted octanol–water partition coefficient (Wildman–Crippen LogP) is 2.14. The minimum Gasteiger partial charge on any atom is -0.247 e. The minimum absolute atomic E-state index is 0.838. The van der Waals surface area contributed by atoms with E-state index in [4.69, 9.17) is 0 Å². The Hall–Kier alpha value is -1.29. The molecule has 0 aromatic carbocycles. The van der Waals surface area contributed by atoms with Crippen molar-refractivity contribution >= 4 is 11.3 Å². The maximum atomic E-state index is 4.38. The molecular weight excluding hydrogens is 194 g/mol. The van der Waals surface area contributed by atoms with Crippen LogP contribution in [-0.2, 0) is 6.42 Å². The Morgan fingerprint density at radius 1 is 1.36 bits per heavy atom. The average Bonchev–Trinajstić information content (AvgIpc) is 2.47. The van der Waals surface area contributed by atoms with E-state index in [0.717, 1.165) is 22.8 Å². The standard InChI is InChI=1S/C10H11N3S/c1-7-10(14-8(2)12-7)6-9-4-3-5-11-13-9/h3-5H,6H2,1-2H3. The molecule has 0 aliphatic carbocycles. The van der Waals surface area contributed by atoms with Gasteiger partial charge < -0.3 is 0 Å². The van der Waals surface area contributed by atoms with Gasteiger partial charge in [-0.15, -0.1) is 11.3 Å². The molecule has 2 aromatic rings. The van der Waals surface area contributed by atoms with Gasteiger partial charge in [0.25, 0.3) is 0 Å². The quantitative estimate of drug-likeness (QED) is 0.754. The van der Waals surface area contributed by atoms with Crippen LogP contribution in [0.15, 0.2) is 18.3 Å². The zero-order valence-electron chi connectivity index (χ0n) is 8.19. The Kier molecular flexibility index (Phi) is 2.54. The van der Waals surface area contributed by atoms with Crippen LogP contribution < -0.4 is 0 Å². The van der Waals surface area contributed by atoms with E-state index in [1.165, 1.54) is 4.88 Å². The van der Waals surface area contributed by atoms with E-state index in [2.05, 4.69) is 15.2 Å². The van der Waals surface area contributed by atoms with Gasteiger partial charge in [0.15, 0.2) is 0 Å². The maximum Gasteiger partial charge on any atom is 0.0900 e. The van der Waals surface area contributed by atoms with E-state index in [-0.39, 0.29) is 0 Å². The third kappa shape index (κ3) is 1.96. The van der Waals surface area contributed by atoms with Crippen LogP contribution >= 0.6 is 11.3 Å². The topological polar surface area (TPSA) is 38.7 Å². The Morgan fingerprint density at radius 2 is 2.21 bits per heavy atom. The zero-order valence-corrected chi connectivity index (χ0v) is 9.01. The van der Waals surface area contributed by atoms with E-state index >= 15 is 0 Å². The molecule has 0 atom stereocenters. The summed E-state index contributed by atoms with van der Waals surface area (Å²) in [6.07, 6.45) is 2.53. The van der Waals surface area contributed by atoms with Crippen LogP contribution in [0.3, 0.4) is 0 Å². The second-order valence-corrected chi connectivity index (χ2v) is 4.42. The molecule has 2 rings (SSSR count). The van der Waals surface area contributed by atoms with Gasteiger partial charge in [-0.3, -0.25) is 0 Å². The Labute approximate surface area is 86.9 Å². The molecule has 14 heavy (non-hydrogen) atoms. The zero-order chi connectivity index (χ0) is 9.97. The fraction of sp³-hybridized carbons (Fsp3) is 0.300. The molecule has 0 saturated carbocycles. The smallest absolute Gasteiger partial charge is 0.0900 e. The predicted molar refractivity (Wildman–Crippen MR) is 56.4 cm³/mol. The van der Waals surface area contributed by atoms with Crippen molar-refractivity contribution in [2.24, 2.45) is 0 Å². The molecule has 3 nitrogen and oxygen atoms in total. The summed E-state index contributed by atoms with van der Waals surface area (Å²) in [5, 5.41) is 9.02. The second kappa shape index (κ2) is 3.84. The molecule has 0 spiro atoms. The third-order valence-electron chi connectivity index (χ3n) is 1.97. The lowest BCUT2D eigenvalue weighted by Gasteiger charge is -1.96. The monoisotopic (exact) mass is 205 g/mol. The summed E-state index contributed by atoms with van der Waals surface area (Å²) in [7, 11) is 0. The lowest BCUT2D eigenvalue weighted by atomic mass is 10.2. The SMILES string of the molecule is Cc1nc(C)c(Cc2cccnn2)s1. The van der Waals surface area contributed by atoms with Gasteiger partial charge >= 0.3 is 0 Å². The summed E-state index contributed by atoms with van der Waals surface area (Å²) < 4.78 is 0. The second-order valence-electron chi connectivity index (χ2n) is 3.13. The highest BCUT2D eigenvalue weighted by molar-refractivity contribution is 7.11. The number of hydrogen-bond acceptors (Lipinski definition) is 4. The third-order valence-corrected chi connectivity index (χ3v) is 3.04. The summed E-state index contributed by atoms with van der Waals surface area (Å²) in [5.41, 5.74) is 2.11. The van der Waals surface area contributed by atoms with Crippen LogP contribution in [0.2, 0.25) is 0 Å². The van der Waals surface area contributed by atoms with E-state index in [1.807, 2.05) is 26.0 Å². The van der Waals surface area contributed by atoms with Crippen molar-refractivity contribution in [1.29, 1.82) is 0 Å². The van der Waals surface area contributed by atoms with Gasteiger partial charge in [0.1, 0.15) is 0 Å². The van der Waals surface area contributed by atoms with Gasteiger partial charge in [-0.25, -0.2) is 4.98 Å². The van der Waals surface area contributed by atoms with E-state index in [0.29, 0.717) is 0 Å². The highest BCUT2D eigenvalue weighted by Gasteiger charge is 2.06. The fourth-order valence-corrected chi connectivity index (χ4v) is 2.28. The van der Waals surface area contributed by atoms with Crippen LogP contribution in [0, 0.1) is 13.8 Å². The van der Waals surface area contributed by atoms with Gasteiger partial charge in [0.05, 0.1) is 16.4 Å². The molecule has 0 saturated heterocycles. The molecule has 0 fully saturated rings. The summed E-state index contributed by atoms with van der Waals surface area (Å²) >= 11 is 1.73. The maximum absolute atomic E-state index is 4.38. The lowest BCUT2D eigenvalue weighted by molar-refractivity contribution is 0.937. The normalized spacial score (nSPS) is 10.4. The van der Waals surface area contributed by atoms with Crippen LogP contribution in [0.4, 0.5) is 0 Å². The minimum atomic E-state index is 0.838. The number of hydrogen-bond donors (Lipinski definition) is 0. The fourth-order valence-electron chi connectivity index (χ4n) is 1.33. The van der Waals surface area contributed by atoms with Crippen LogP contribution in [0.25, 0.3) is 0 Å². The van der Waals surface area contributed by atoms with Gasteiger partial charge in [-0.05, 0) is 26.0 Å². The molecule has 0 N–H and O–H groups in total. The van der Waals surface area contributed by atoms with Crippen molar-refractivity contribution < 1.29 is 0 Å². The van der Waals surface area contributed by atoms with Crippen LogP contribution in [-0.4, -0.2) is 15.2 Å². The Balaban J connectivity index is 2.23. The van der Waals surface area contributed by atoms with Gasteiger partial charge in [0, 0.05) is 17.5 Å². The van der Waals surface area contributed by atoms with Crippen molar-refractivity contribution in [3.63, 3.8) is 0 Å². The first-order chi connectivity index (χ1) is 6.75. The van der Waals surface area contributed by atoms with Crippen molar-refractivity contribution in [1.82, 2.24) is 15.2 Å². The summed E-state index contributed by atoms with van der Waals surface area (Å²) in [6.45, 7) is 4.06. The Bertz CT molecular complexity index is 422. The molecular formula is C10H11N3S. The van der Waals surface area contributed by atoms with E-state index in [9.17, 15) is 0 Å². The first kappa shape index (κ1) is 9.27. The number of rotatable bonds is 2. The molecule has 0 radical (unpaired) electrons. The molecule has 0 unspecified atom stereocenters.